The van der Waals surface area contributed by atoms with Crippen molar-refractivity contribution in [3.63, 3.8) is 0 Å². The van der Waals surface area contributed by atoms with Gasteiger partial charge in [-0.1, -0.05) is 48.5 Å². The SMILES string of the molecule is O=C1OC(N(Cc2ccccc2)Cc2ccco2)c2ccccc21. The smallest absolute Gasteiger partial charge is 0.340 e. The Labute approximate surface area is 140 Å². The van der Waals surface area contributed by atoms with E-state index in [-0.39, 0.29) is 5.97 Å². The summed E-state index contributed by atoms with van der Waals surface area (Å²) in [5, 5.41) is 0. The van der Waals surface area contributed by atoms with Crippen LogP contribution in [-0.4, -0.2) is 10.9 Å². The average Bonchev–Trinajstić information content (AvgIpc) is 3.24. The summed E-state index contributed by atoms with van der Waals surface area (Å²) in [4.78, 5) is 14.3. The highest BCUT2D eigenvalue weighted by atomic mass is 16.6. The zero-order chi connectivity index (χ0) is 16.4. The summed E-state index contributed by atoms with van der Waals surface area (Å²) in [5.41, 5.74) is 2.70. The molecule has 0 amide bonds. The third kappa shape index (κ3) is 2.84. The molecule has 4 nitrogen and oxygen atoms in total. The predicted octanol–water partition coefficient (Wildman–Crippen LogP) is 4.15. The summed E-state index contributed by atoms with van der Waals surface area (Å²) >= 11 is 0. The summed E-state index contributed by atoms with van der Waals surface area (Å²) in [6, 6.07) is 21.5. The molecule has 3 aromatic rings. The molecule has 0 N–H and O–H groups in total. The second-order valence-corrected chi connectivity index (χ2v) is 5.81. The van der Waals surface area contributed by atoms with E-state index in [1.54, 1.807) is 6.26 Å². The maximum atomic E-state index is 12.2. The van der Waals surface area contributed by atoms with Crippen molar-refractivity contribution in [1.82, 2.24) is 4.90 Å². The van der Waals surface area contributed by atoms with Crippen LogP contribution in [-0.2, 0) is 17.8 Å². The molecule has 1 unspecified atom stereocenters. The van der Waals surface area contributed by atoms with Crippen molar-refractivity contribution in [2.24, 2.45) is 0 Å². The van der Waals surface area contributed by atoms with Crippen molar-refractivity contribution in [3.05, 3.63) is 95.4 Å². The molecule has 0 radical (unpaired) electrons. The molecule has 2 heterocycles. The molecule has 1 aromatic heterocycles. The van der Waals surface area contributed by atoms with Crippen molar-refractivity contribution in [1.29, 1.82) is 0 Å². The summed E-state index contributed by atoms with van der Waals surface area (Å²) in [6.07, 6.45) is 1.25. The van der Waals surface area contributed by atoms with Gasteiger partial charge in [0.05, 0.1) is 18.4 Å². The number of nitrogens with zero attached hydrogens (tertiary/aromatic N) is 1. The minimum absolute atomic E-state index is 0.270. The van der Waals surface area contributed by atoms with E-state index in [9.17, 15) is 4.79 Å². The Morgan fingerprint density at radius 1 is 0.875 bits per heavy atom. The van der Waals surface area contributed by atoms with Gasteiger partial charge in [-0.25, -0.2) is 4.79 Å². The van der Waals surface area contributed by atoms with Crippen molar-refractivity contribution in [3.8, 4) is 0 Å². The maximum absolute atomic E-state index is 12.2. The summed E-state index contributed by atoms with van der Waals surface area (Å²) < 4.78 is 11.2. The number of ether oxygens (including phenoxy) is 1. The van der Waals surface area contributed by atoms with Gasteiger partial charge in [-0.3, -0.25) is 4.90 Å². The lowest BCUT2D eigenvalue weighted by atomic mass is 10.1. The van der Waals surface area contributed by atoms with Gasteiger partial charge in [0.15, 0.2) is 6.23 Å². The Bertz CT molecular complexity index is 827. The van der Waals surface area contributed by atoms with Gasteiger partial charge in [-0.15, -0.1) is 0 Å². The lowest BCUT2D eigenvalue weighted by molar-refractivity contribution is -0.0335. The lowest BCUT2D eigenvalue weighted by Crippen LogP contribution is -2.28. The Balaban J connectivity index is 1.66. The van der Waals surface area contributed by atoms with Crippen LogP contribution in [0.15, 0.2) is 77.4 Å². The fraction of sp³-hybridized carbons (Fsp3) is 0.150. The molecule has 0 aliphatic carbocycles. The van der Waals surface area contributed by atoms with E-state index < -0.39 is 6.23 Å². The van der Waals surface area contributed by atoms with E-state index in [0.717, 1.165) is 16.9 Å². The highest BCUT2D eigenvalue weighted by Crippen LogP contribution is 2.35. The molecule has 4 heteroatoms. The van der Waals surface area contributed by atoms with E-state index in [2.05, 4.69) is 17.0 Å². The first kappa shape index (κ1) is 14.7. The molecule has 0 saturated heterocycles. The van der Waals surface area contributed by atoms with Crippen LogP contribution in [0.1, 0.15) is 33.5 Å². The molecular weight excluding hydrogens is 302 g/mol. The molecule has 1 aliphatic heterocycles. The molecule has 1 atom stereocenters. The van der Waals surface area contributed by atoms with Gasteiger partial charge in [0, 0.05) is 12.1 Å². The van der Waals surface area contributed by atoms with Crippen molar-refractivity contribution in [2.45, 2.75) is 19.3 Å². The van der Waals surface area contributed by atoms with Gasteiger partial charge in [-0.05, 0) is 23.8 Å². The molecule has 0 bridgehead atoms. The standard InChI is InChI=1S/C20H17NO3/c22-20-18-11-5-4-10-17(18)19(24-20)21(14-16-9-6-12-23-16)13-15-7-2-1-3-8-15/h1-12,19H,13-14H2. The summed E-state index contributed by atoms with van der Waals surface area (Å²) in [5.74, 6) is 0.569. The van der Waals surface area contributed by atoms with Gasteiger partial charge in [0.1, 0.15) is 5.76 Å². The molecule has 0 spiro atoms. The zero-order valence-corrected chi connectivity index (χ0v) is 13.1. The predicted molar refractivity (Wildman–Crippen MR) is 89.0 cm³/mol. The number of carbonyl (C=O) groups excluding carboxylic acids is 1. The second kappa shape index (κ2) is 6.34. The van der Waals surface area contributed by atoms with Gasteiger partial charge >= 0.3 is 5.97 Å². The van der Waals surface area contributed by atoms with Crippen molar-refractivity contribution < 1.29 is 13.9 Å². The van der Waals surface area contributed by atoms with E-state index in [1.807, 2.05) is 54.6 Å². The monoisotopic (exact) mass is 319 g/mol. The van der Waals surface area contributed by atoms with E-state index >= 15 is 0 Å². The van der Waals surface area contributed by atoms with Crippen LogP contribution in [0, 0.1) is 0 Å². The lowest BCUT2D eigenvalue weighted by Gasteiger charge is -2.27. The van der Waals surface area contributed by atoms with Crippen LogP contribution in [0.5, 0.6) is 0 Å². The van der Waals surface area contributed by atoms with Gasteiger partial charge < -0.3 is 9.15 Å². The van der Waals surface area contributed by atoms with Crippen LogP contribution in [0.2, 0.25) is 0 Å². The number of benzene rings is 2. The quantitative estimate of drug-likeness (QED) is 0.663. The molecule has 1 aliphatic rings. The highest BCUT2D eigenvalue weighted by Gasteiger charge is 2.35. The zero-order valence-electron chi connectivity index (χ0n) is 13.1. The van der Waals surface area contributed by atoms with Crippen molar-refractivity contribution in [2.75, 3.05) is 0 Å². The molecule has 0 saturated carbocycles. The van der Waals surface area contributed by atoms with Gasteiger partial charge in [0.25, 0.3) is 0 Å². The van der Waals surface area contributed by atoms with Gasteiger partial charge in [-0.2, -0.15) is 0 Å². The topological polar surface area (TPSA) is 42.7 Å². The van der Waals surface area contributed by atoms with E-state index in [4.69, 9.17) is 9.15 Å². The number of cyclic esters (lactones) is 1. The third-order valence-corrected chi connectivity index (χ3v) is 4.16. The van der Waals surface area contributed by atoms with Crippen LogP contribution in [0.3, 0.4) is 0 Å². The highest BCUT2D eigenvalue weighted by molar-refractivity contribution is 5.93. The van der Waals surface area contributed by atoms with Crippen LogP contribution in [0.4, 0.5) is 0 Å². The van der Waals surface area contributed by atoms with E-state index in [0.29, 0.717) is 18.7 Å². The number of fused-ring (bicyclic) bond motifs is 1. The average molecular weight is 319 g/mol. The number of hydrogen-bond donors (Lipinski definition) is 0. The Hall–Kier alpha value is -2.85. The minimum Gasteiger partial charge on any atom is -0.468 e. The molecule has 24 heavy (non-hydrogen) atoms. The van der Waals surface area contributed by atoms with Crippen LogP contribution >= 0.6 is 0 Å². The summed E-state index contributed by atoms with van der Waals surface area (Å²) in [7, 11) is 0. The molecule has 0 fully saturated rings. The first-order chi connectivity index (χ1) is 11.8. The molecule has 4 rings (SSSR count). The Kier molecular flexibility index (Phi) is 3.89. The molecule has 120 valence electrons. The number of furan rings is 1. The Morgan fingerprint density at radius 2 is 1.67 bits per heavy atom. The first-order valence-corrected chi connectivity index (χ1v) is 7.91. The minimum atomic E-state index is -0.404. The van der Waals surface area contributed by atoms with Crippen LogP contribution in [0.25, 0.3) is 0 Å². The molecular formula is C20H17NO3. The first-order valence-electron chi connectivity index (χ1n) is 7.91. The normalized spacial score (nSPS) is 16.2. The maximum Gasteiger partial charge on any atom is 0.340 e. The van der Waals surface area contributed by atoms with Crippen molar-refractivity contribution >= 4 is 5.97 Å². The summed E-state index contributed by atoms with van der Waals surface area (Å²) in [6.45, 7) is 1.22. The second-order valence-electron chi connectivity index (χ2n) is 5.81. The molecule has 2 aromatic carbocycles. The number of carbonyl (C=O) groups is 1. The van der Waals surface area contributed by atoms with E-state index in [1.165, 1.54) is 0 Å². The van der Waals surface area contributed by atoms with Gasteiger partial charge in [0.2, 0.25) is 0 Å². The Morgan fingerprint density at radius 3 is 2.46 bits per heavy atom. The number of hydrogen-bond acceptors (Lipinski definition) is 4. The number of esters is 1. The number of rotatable bonds is 5. The largest absolute Gasteiger partial charge is 0.468 e. The fourth-order valence-electron chi connectivity index (χ4n) is 3.04. The fourth-order valence-corrected chi connectivity index (χ4v) is 3.04. The van der Waals surface area contributed by atoms with Crippen LogP contribution < -0.4 is 0 Å². The third-order valence-electron chi connectivity index (χ3n) is 4.16.